The first-order chi connectivity index (χ1) is 13.9. The second-order valence-electron chi connectivity index (χ2n) is 6.55. The summed E-state index contributed by atoms with van der Waals surface area (Å²) in [5.74, 6) is 1.19. The highest BCUT2D eigenvalue weighted by molar-refractivity contribution is 6.32. The Morgan fingerprint density at radius 2 is 1.93 bits per heavy atom. The first kappa shape index (κ1) is 19.6. The van der Waals surface area contributed by atoms with Gasteiger partial charge in [0, 0.05) is 31.7 Å². The van der Waals surface area contributed by atoms with Crippen molar-refractivity contribution < 1.29 is 17.7 Å². The van der Waals surface area contributed by atoms with Gasteiger partial charge in [0.25, 0.3) is 0 Å². The fraction of sp³-hybridized carbons (Fsp3) is 0.333. The number of halogens is 4. The van der Waals surface area contributed by atoms with E-state index in [1.54, 1.807) is 6.20 Å². The largest absolute Gasteiger partial charge is 0.416 e. The summed E-state index contributed by atoms with van der Waals surface area (Å²) in [6.45, 7) is 3.29. The van der Waals surface area contributed by atoms with Gasteiger partial charge in [-0.1, -0.05) is 28.9 Å². The summed E-state index contributed by atoms with van der Waals surface area (Å²) in [4.78, 5) is 16.5. The van der Waals surface area contributed by atoms with Crippen molar-refractivity contribution in [1.82, 2.24) is 25.0 Å². The Labute approximate surface area is 169 Å². The monoisotopic (exact) mass is 424 g/mol. The third-order valence-corrected chi connectivity index (χ3v) is 4.86. The molecule has 29 heavy (non-hydrogen) atoms. The SMILES string of the molecule is FC(F)(F)c1cccc(-c2noc(CN3CCN(c4ncncc4Cl)CC3)n2)c1. The van der Waals surface area contributed by atoms with Gasteiger partial charge in [-0.05, 0) is 12.1 Å². The predicted octanol–water partition coefficient (Wildman–Crippen LogP) is 3.52. The zero-order valence-corrected chi connectivity index (χ0v) is 15.9. The summed E-state index contributed by atoms with van der Waals surface area (Å²) in [6.07, 6.45) is -1.40. The molecular weight excluding hydrogens is 409 g/mol. The van der Waals surface area contributed by atoms with Crippen LogP contribution >= 0.6 is 11.6 Å². The Bertz CT molecular complexity index is 987. The Kier molecular flexibility index (Phi) is 5.37. The van der Waals surface area contributed by atoms with E-state index in [4.69, 9.17) is 16.1 Å². The number of rotatable bonds is 4. The van der Waals surface area contributed by atoms with E-state index >= 15 is 0 Å². The van der Waals surface area contributed by atoms with Gasteiger partial charge in [0.2, 0.25) is 11.7 Å². The van der Waals surface area contributed by atoms with Crippen LogP contribution in [0.4, 0.5) is 19.0 Å². The molecule has 4 rings (SSSR count). The van der Waals surface area contributed by atoms with Gasteiger partial charge in [0.15, 0.2) is 5.82 Å². The van der Waals surface area contributed by atoms with Gasteiger partial charge >= 0.3 is 6.18 Å². The van der Waals surface area contributed by atoms with Crippen LogP contribution in [0, 0.1) is 0 Å². The Balaban J connectivity index is 1.39. The molecule has 11 heteroatoms. The van der Waals surface area contributed by atoms with Gasteiger partial charge in [-0.3, -0.25) is 4.90 Å². The average molecular weight is 425 g/mol. The molecule has 0 N–H and O–H groups in total. The molecule has 2 aromatic heterocycles. The van der Waals surface area contributed by atoms with E-state index in [1.807, 2.05) is 0 Å². The summed E-state index contributed by atoms with van der Waals surface area (Å²) < 4.78 is 43.9. The number of hydrogen-bond acceptors (Lipinski definition) is 7. The molecule has 3 aromatic rings. The van der Waals surface area contributed by atoms with E-state index in [0.29, 0.717) is 36.4 Å². The van der Waals surface area contributed by atoms with Crippen LogP contribution < -0.4 is 4.90 Å². The topological polar surface area (TPSA) is 71.2 Å². The smallest absolute Gasteiger partial charge is 0.353 e. The van der Waals surface area contributed by atoms with Crippen LogP contribution in [-0.4, -0.2) is 51.2 Å². The zero-order valence-electron chi connectivity index (χ0n) is 15.1. The summed E-state index contributed by atoms with van der Waals surface area (Å²) in [7, 11) is 0. The lowest BCUT2D eigenvalue weighted by Crippen LogP contribution is -2.46. The van der Waals surface area contributed by atoms with Crippen LogP contribution in [0.15, 0.2) is 41.3 Å². The van der Waals surface area contributed by atoms with Gasteiger partial charge < -0.3 is 9.42 Å². The molecule has 0 radical (unpaired) electrons. The van der Waals surface area contributed by atoms with Crippen LogP contribution in [-0.2, 0) is 12.7 Å². The molecule has 1 saturated heterocycles. The van der Waals surface area contributed by atoms with Crippen molar-refractivity contribution in [2.24, 2.45) is 0 Å². The van der Waals surface area contributed by atoms with Crippen molar-refractivity contribution in [3.8, 4) is 11.4 Å². The van der Waals surface area contributed by atoms with E-state index < -0.39 is 11.7 Å². The molecule has 0 unspecified atom stereocenters. The van der Waals surface area contributed by atoms with E-state index in [1.165, 1.54) is 18.5 Å². The number of anilines is 1. The van der Waals surface area contributed by atoms with Crippen molar-refractivity contribution in [3.05, 3.63) is 53.3 Å². The molecule has 0 amide bonds. The quantitative estimate of drug-likeness (QED) is 0.634. The van der Waals surface area contributed by atoms with Crippen LogP contribution in [0.25, 0.3) is 11.4 Å². The summed E-state index contributed by atoms with van der Waals surface area (Å²) in [5.41, 5.74) is -0.487. The summed E-state index contributed by atoms with van der Waals surface area (Å²) >= 11 is 6.14. The highest BCUT2D eigenvalue weighted by Crippen LogP contribution is 2.31. The number of piperazine rings is 1. The molecule has 1 aromatic carbocycles. The molecule has 0 atom stereocenters. The second kappa shape index (κ2) is 7.96. The minimum Gasteiger partial charge on any atom is -0.353 e. The van der Waals surface area contributed by atoms with Crippen molar-refractivity contribution in [3.63, 3.8) is 0 Å². The summed E-state index contributed by atoms with van der Waals surface area (Å²) in [5, 5.41) is 4.33. The number of hydrogen-bond donors (Lipinski definition) is 0. The zero-order chi connectivity index (χ0) is 20.4. The molecule has 1 aliphatic rings. The van der Waals surface area contributed by atoms with Gasteiger partial charge in [-0.25, -0.2) is 9.97 Å². The van der Waals surface area contributed by atoms with E-state index in [0.717, 1.165) is 25.2 Å². The Hall–Kier alpha value is -2.72. The lowest BCUT2D eigenvalue weighted by atomic mass is 10.1. The number of benzene rings is 1. The molecule has 152 valence electrons. The molecular formula is C18H16ClF3N6O. The number of alkyl halides is 3. The first-order valence-electron chi connectivity index (χ1n) is 8.83. The van der Waals surface area contributed by atoms with Crippen molar-refractivity contribution in [1.29, 1.82) is 0 Å². The van der Waals surface area contributed by atoms with Crippen molar-refractivity contribution in [2.75, 3.05) is 31.1 Å². The molecule has 1 aliphatic heterocycles. The van der Waals surface area contributed by atoms with Crippen LogP contribution in [0.5, 0.6) is 0 Å². The van der Waals surface area contributed by atoms with Gasteiger partial charge in [-0.15, -0.1) is 0 Å². The van der Waals surface area contributed by atoms with Crippen molar-refractivity contribution in [2.45, 2.75) is 12.7 Å². The lowest BCUT2D eigenvalue weighted by molar-refractivity contribution is -0.137. The van der Waals surface area contributed by atoms with E-state index in [2.05, 4.69) is 29.9 Å². The fourth-order valence-electron chi connectivity index (χ4n) is 3.12. The second-order valence-corrected chi connectivity index (χ2v) is 6.95. The van der Waals surface area contributed by atoms with Crippen LogP contribution in [0.1, 0.15) is 11.5 Å². The normalized spacial score (nSPS) is 15.7. The number of aromatic nitrogens is 4. The molecule has 0 aliphatic carbocycles. The molecule has 3 heterocycles. The Morgan fingerprint density at radius 3 is 2.66 bits per heavy atom. The molecule has 1 fully saturated rings. The maximum Gasteiger partial charge on any atom is 0.416 e. The Morgan fingerprint density at radius 1 is 1.14 bits per heavy atom. The molecule has 7 nitrogen and oxygen atoms in total. The van der Waals surface area contributed by atoms with Gasteiger partial charge in [0.05, 0.1) is 18.3 Å². The maximum absolute atomic E-state index is 12.9. The molecule has 0 spiro atoms. The standard InChI is InChI=1S/C18H16ClF3N6O/c19-14-9-23-11-24-17(14)28-6-4-27(5-7-28)10-15-25-16(26-29-15)12-2-1-3-13(8-12)18(20,21)22/h1-3,8-9,11H,4-7,10H2. The predicted molar refractivity (Wildman–Crippen MR) is 99.3 cm³/mol. The number of nitrogens with zero attached hydrogens (tertiary/aromatic N) is 6. The van der Waals surface area contributed by atoms with Crippen LogP contribution in [0.3, 0.4) is 0 Å². The van der Waals surface area contributed by atoms with Gasteiger partial charge in [-0.2, -0.15) is 18.2 Å². The summed E-state index contributed by atoms with van der Waals surface area (Å²) in [6, 6.07) is 4.87. The van der Waals surface area contributed by atoms with Crippen molar-refractivity contribution >= 4 is 17.4 Å². The third-order valence-electron chi connectivity index (χ3n) is 4.60. The highest BCUT2D eigenvalue weighted by atomic mass is 35.5. The van der Waals surface area contributed by atoms with E-state index in [9.17, 15) is 13.2 Å². The van der Waals surface area contributed by atoms with Gasteiger partial charge in [0.1, 0.15) is 11.3 Å². The maximum atomic E-state index is 12.9. The minimum absolute atomic E-state index is 0.137. The average Bonchev–Trinajstić information content (AvgIpc) is 3.17. The third kappa shape index (κ3) is 4.48. The highest BCUT2D eigenvalue weighted by Gasteiger charge is 2.31. The van der Waals surface area contributed by atoms with E-state index in [-0.39, 0.29) is 11.4 Å². The molecule has 0 bridgehead atoms. The van der Waals surface area contributed by atoms with Crippen LogP contribution in [0.2, 0.25) is 5.02 Å². The first-order valence-corrected chi connectivity index (χ1v) is 9.21. The molecule has 0 saturated carbocycles. The minimum atomic E-state index is -4.42. The lowest BCUT2D eigenvalue weighted by Gasteiger charge is -2.34. The fourth-order valence-corrected chi connectivity index (χ4v) is 3.34.